The van der Waals surface area contributed by atoms with Crippen LogP contribution in [0, 0.1) is 0 Å². The predicted molar refractivity (Wildman–Crippen MR) is 27.8 cm³/mol. The average Bonchev–Trinajstić information content (AvgIpc) is 0.811. The van der Waals surface area contributed by atoms with Crippen LogP contribution in [0.25, 0.3) is 0 Å². The summed E-state index contributed by atoms with van der Waals surface area (Å²) < 4.78 is 0. The van der Waals surface area contributed by atoms with Gasteiger partial charge in [-0.25, -0.2) is 0 Å². The topological polar surface area (TPSA) is 29.3 Å². The lowest BCUT2D eigenvalue weighted by Gasteiger charge is -1.91. The molecule has 32 valence electrons. The van der Waals surface area contributed by atoms with Crippen molar-refractivity contribution in [1.82, 2.24) is 5.01 Å². The van der Waals surface area contributed by atoms with Crippen LogP contribution in [-0.4, -0.2) is 27.5 Å². The maximum Gasteiger partial charge on any atom is 0.0814 e. The van der Waals surface area contributed by atoms with Gasteiger partial charge in [0, 0.05) is 14.1 Å². The number of hydrogen-bond acceptors (Lipinski definition) is 2. The lowest BCUT2D eigenvalue weighted by atomic mass is 10.8. The number of nitrogens with two attached hydrogens (primary N) is 1. The summed E-state index contributed by atoms with van der Waals surface area (Å²) in [5.41, 5.74) is 0. The van der Waals surface area contributed by atoms with Crippen LogP contribution in [0.3, 0.4) is 0 Å². The molecule has 0 spiro atoms. The number of hydrazine groups is 1. The van der Waals surface area contributed by atoms with Crippen molar-refractivity contribution in [2.24, 2.45) is 5.84 Å². The molecule has 3 heteroatoms. The van der Waals surface area contributed by atoms with Gasteiger partial charge in [-0.2, -0.15) is 0 Å². The molecule has 0 aliphatic carbocycles. The minimum Gasteiger partial charge on any atom is -0.269 e. The number of rotatable bonds is 0. The largest absolute Gasteiger partial charge is 0.269 e. The normalized spacial score (nSPS) is 7.20. The fraction of sp³-hybridized carbons (Fsp3) is 1.00. The zero-order valence-electron chi connectivity index (χ0n) is 3.02. The van der Waals surface area contributed by atoms with Gasteiger partial charge in [0.2, 0.25) is 0 Å². The average molecular weight is 73.9 g/mol. The predicted octanol–water partition coefficient (Wildman–Crippen LogP) is -1.76. The van der Waals surface area contributed by atoms with Crippen molar-refractivity contribution in [3.63, 3.8) is 0 Å². The SMILES string of the molecule is B.CN(C)N. The molecule has 0 unspecified atom stereocenters. The zero-order chi connectivity index (χ0) is 3.58. The number of hydrogen-bond donors (Lipinski definition) is 1. The standard InChI is InChI=1S/C2H8N2.BH3/c1-4(2)3;/h3H2,1-2H3;1H3. The summed E-state index contributed by atoms with van der Waals surface area (Å²) in [6.45, 7) is 0. The van der Waals surface area contributed by atoms with E-state index in [1.165, 1.54) is 5.01 Å². The van der Waals surface area contributed by atoms with E-state index in [2.05, 4.69) is 0 Å². The fourth-order valence-corrected chi connectivity index (χ4v) is 0. The Balaban J connectivity index is 0. The lowest BCUT2D eigenvalue weighted by Crippen LogP contribution is -2.18. The van der Waals surface area contributed by atoms with E-state index in [0.29, 0.717) is 0 Å². The first-order valence-electron chi connectivity index (χ1n) is 1.15. The van der Waals surface area contributed by atoms with Gasteiger partial charge in [-0.1, -0.05) is 0 Å². The summed E-state index contributed by atoms with van der Waals surface area (Å²) in [7, 11) is 3.56. The van der Waals surface area contributed by atoms with Gasteiger partial charge < -0.3 is 0 Å². The summed E-state index contributed by atoms with van der Waals surface area (Å²) in [4.78, 5) is 0. The van der Waals surface area contributed by atoms with Crippen LogP contribution in [0.5, 0.6) is 0 Å². The van der Waals surface area contributed by atoms with Crippen molar-refractivity contribution in [1.29, 1.82) is 0 Å². The monoisotopic (exact) mass is 74.1 g/mol. The zero-order valence-corrected chi connectivity index (χ0v) is 3.02. The molecule has 0 radical (unpaired) electrons. The molecule has 2 N–H and O–H groups in total. The Bertz CT molecular complexity index is 12.4. The number of nitrogens with zero attached hydrogens (tertiary/aromatic N) is 1. The Morgan fingerprint density at radius 1 is 1.40 bits per heavy atom. The fourth-order valence-electron chi connectivity index (χ4n) is 0. The molecular weight excluding hydrogens is 62.8 g/mol. The highest BCUT2D eigenvalue weighted by Crippen LogP contribution is 1.37. The van der Waals surface area contributed by atoms with E-state index in [4.69, 9.17) is 5.84 Å². The lowest BCUT2D eigenvalue weighted by molar-refractivity contribution is 0.432. The van der Waals surface area contributed by atoms with E-state index >= 15 is 0 Å². The summed E-state index contributed by atoms with van der Waals surface area (Å²) >= 11 is 0. The van der Waals surface area contributed by atoms with E-state index in [1.807, 2.05) is 0 Å². The molecule has 0 aliphatic heterocycles. The van der Waals surface area contributed by atoms with Gasteiger partial charge in [-0.3, -0.25) is 10.9 Å². The molecule has 0 aromatic heterocycles. The van der Waals surface area contributed by atoms with E-state index in [-0.39, 0.29) is 8.41 Å². The Hall–Kier alpha value is -0.0151. The highest BCUT2D eigenvalue weighted by molar-refractivity contribution is 5.75. The van der Waals surface area contributed by atoms with E-state index in [9.17, 15) is 0 Å². The van der Waals surface area contributed by atoms with E-state index in [1.54, 1.807) is 14.1 Å². The molecule has 0 aromatic rings. The van der Waals surface area contributed by atoms with Gasteiger partial charge in [0.25, 0.3) is 0 Å². The van der Waals surface area contributed by atoms with Gasteiger partial charge in [-0.05, 0) is 0 Å². The van der Waals surface area contributed by atoms with Gasteiger partial charge >= 0.3 is 0 Å². The Morgan fingerprint density at radius 3 is 1.40 bits per heavy atom. The Morgan fingerprint density at radius 2 is 1.40 bits per heavy atom. The molecule has 0 atom stereocenters. The summed E-state index contributed by atoms with van der Waals surface area (Å²) in [5.74, 6) is 4.94. The van der Waals surface area contributed by atoms with Crippen LogP contribution in [0.15, 0.2) is 0 Å². The van der Waals surface area contributed by atoms with E-state index in [0.717, 1.165) is 0 Å². The highest BCUT2D eigenvalue weighted by Gasteiger charge is 1.57. The minimum absolute atomic E-state index is 0. The third kappa shape index (κ3) is 69200. The third-order valence-corrected chi connectivity index (χ3v) is 0. The second-order valence-corrected chi connectivity index (χ2v) is 0.964. The van der Waals surface area contributed by atoms with Crippen molar-refractivity contribution in [2.45, 2.75) is 0 Å². The molecule has 0 amide bonds. The van der Waals surface area contributed by atoms with Crippen LogP contribution in [0.2, 0.25) is 0 Å². The van der Waals surface area contributed by atoms with Crippen LogP contribution < -0.4 is 5.84 Å². The molecule has 0 fully saturated rings. The third-order valence-electron chi connectivity index (χ3n) is 0. The quantitative estimate of drug-likeness (QED) is 0.209. The molecule has 0 rings (SSSR count). The molecule has 2 nitrogen and oxygen atoms in total. The molecule has 0 aliphatic rings. The molecule has 5 heavy (non-hydrogen) atoms. The van der Waals surface area contributed by atoms with Crippen LogP contribution in [0.1, 0.15) is 0 Å². The molecule has 0 bridgehead atoms. The molecule has 0 heterocycles. The summed E-state index contributed by atoms with van der Waals surface area (Å²) in [5, 5.41) is 1.50. The second kappa shape index (κ2) is 3.98. The minimum atomic E-state index is 0. The van der Waals surface area contributed by atoms with Crippen molar-refractivity contribution < 1.29 is 0 Å². The van der Waals surface area contributed by atoms with Crippen LogP contribution >= 0.6 is 0 Å². The van der Waals surface area contributed by atoms with Gasteiger partial charge in [0.1, 0.15) is 0 Å². The van der Waals surface area contributed by atoms with Crippen molar-refractivity contribution in [2.75, 3.05) is 14.1 Å². The summed E-state index contributed by atoms with van der Waals surface area (Å²) in [6.07, 6.45) is 0. The molecule has 0 saturated heterocycles. The molecule has 0 saturated carbocycles. The van der Waals surface area contributed by atoms with Crippen LogP contribution in [0.4, 0.5) is 0 Å². The first kappa shape index (κ1) is 8.88. The first-order chi connectivity index (χ1) is 1.73. The van der Waals surface area contributed by atoms with E-state index < -0.39 is 0 Å². The molecular formula is C2H11BN2. The summed E-state index contributed by atoms with van der Waals surface area (Å²) in [6, 6.07) is 0. The van der Waals surface area contributed by atoms with Gasteiger partial charge in [0.05, 0.1) is 8.41 Å². The maximum atomic E-state index is 4.94. The molecule has 0 aromatic carbocycles. The first-order valence-corrected chi connectivity index (χ1v) is 1.15. The van der Waals surface area contributed by atoms with Crippen LogP contribution in [-0.2, 0) is 0 Å². The second-order valence-electron chi connectivity index (χ2n) is 0.964. The van der Waals surface area contributed by atoms with Crippen molar-refractivity contribution in [3.8, 4) is 0 Å². The Labute approximate surface area is 34.5 Å². The smallest absolute Gasteiger partial charge is 0.0814 e. The Kier molecular flexibility index (Phi) is 7.08. The van der Waals surface area contributed by atoms with Gasteiger partial charge in [-0.15, -0.1) is 0 Å². The van der Waals surface area contributed by atoms with Crippen molar-refractivity contribution in [3.05, 3.63) is 0 Å². The maximum absolute atomic E-state index is 4.94. The van der Waals surface area contributed by atoms with Gasteiger partial charge in [0.15, 0.2) is 0 Å². The van der Waals surface area contributed by atoms with Crippen molar-refractivity contribution >= 4 is 8.41 Å². The highest BCUT2D eigenvalue weighted by atomic mass is 15.4.